The van der Waals surface area contributed by atoms with Crippen molar-refractivity contribution in [1.82, 2.24) is 9.88 Å². The van der Waals surface area contributed by atoms with Crippen LogP contribution in [-0.2, 0) is 24.5 Å². The van der Waals surface area contributed by atoms with Crippen LogP contribution in [0.2, 0.25) is 0 Å². The van der Waals surface area contributed by atoms with Crippen molar-refractivity contribution in [2.24, 2.45) is 0 Å². The van der Waals surface area contributed by atoms with Crippen molar-refractivity contribution in [3.8, 4) is 11.3 Å². The molecule has 0 radical (unpaired) electrons. The topological polar surface area (TPSA) is 42.4 Å². The highest BCUT2D eigenvalue weighted by atomic mass is 16.5. The molecule has 1 aromatic heterocycles. The lowest BCUT2D eigenvalue weighted by molar-refractivity contribution is 0.0816. The molecule has 1 amide bonds. The maximum Gasteiger partial charge on any atom is 0.254 e. The van der Waals surface area contributed by atoms with Gasteiger partial charge in [0.1, 0.15) is 0 Å². The van der Waals surface area contributed by atoms with E-state index in [0.717, 1.165) is 33.5 Å². The third-order valence-corrected chi connectivity index (χ3v) is 4.59. The van der Waals surface area contributed by atoms with Crippen molar-refractivity contribution in [3.05, 3.63) is 89.1 Å². The smallest absolute Gasteiger partial charge is 0.254 e. The lowest BCUT2D eigenvalue weighted by Gasteiger charge is -2.07. The number of ether oxygens (including phenoxy) is 1. The van der Waals surface area contributed by atoms with Gasteiger partial charge < -0.3 is 9.64 Å². The lowest BCUT2D eigenvalue weighted by Crippen LogP contribution is -2.17. The second kappa shape index (κ2) is 7.10. The summed E-state index contributed by atoms with van der Waals surface area (Å²) in [7, 11) is 1.82. The quantitative estimate of drug-likeness (QED) is 0.701. The van der Waals surface area contributed by atoms with Crippen LogP contribution in [0.1, 0.15) is 27.0 Å². The number of aromatic nitrogens is 1. The normalized spacial score (nSPS) is 13.1. The van der Waals surface area contributed by atoms with E-state index >= 15 is 0 Å². The summed E-state index contributed by atoms with van der Waals surface area (Å²) in [5, 5.41) is 0. The molecule has 0 spiro atoms. The van der Waals surface area contributed by atoms with Crippen molar-refractivity contribution in [2.75, 3.05) is 7.05 Å². The Labute approximate surface area is 153 Å². The van der Waals surface area contributed by atoms with Crippen LogP contribution in [0.15, 0.2) is 66.9 Å². The summed E-state index contributed by atoms with van der Waals surface area (Å²) in [6, 6.07) is 20.1. The van der Waals surface area contributed by atoms with Crippen molar-refractivity contribution < 1.29 is 9.53 Å². The lowest BCUT2D eigenvalue weighted by atomic mass is 10.0. The summed E-state index contributed by atoms with van der Waals surface area (Å²) < 4.78 is 5.82. The summed E-state index contributed by atoms with van der Waals surface area (Å²) in [6.07, 6.45) is 1.81. The molecule has 2 heterocycles. The van der Waals surface area contributed by atoms with Crippen LogP contribution in [-0.4, -0.2) is 22.8 Å². The minimum atomic E-state index is 0.0857. The van der Waals surface area contributed by atoms with Gasteiger partial charge in [-0.15, -0.1) is 0 Å². The van der Waals surface area contributed by atoms with Gasteiger partial charge in [0.15, 0.2) is 0 Å². The van der Waals surface area contributed by atoms with E-state index in [9.17, 15) is 4.79 Å². The summed E-state index contributed by atoms with van der Waals surface area (Å²) in [4.78, 5) is 18.2. The zero-order chi connectivity index (χ0) is 17.9. The van der Waals surface area contributed by atoms with E-state index in [0.29, 0.717) is 19.8 Å². The Balaban J connectivity index is 1.48. The highest BCUT2D eigenvalue weighted by molar-refractivity contribution is 5.98. The molecule has 1 aliphatic rings. The SMILES string of the molecule is CN1Cc2cc(-c3cc(COCc4ccccc4)ccn3)ccc2C1=O. The fourth-order valence-corrected chi connectivity index (χ4v) is 3.21. The molecule has 0 saturated heterocycles. The number of fused-ring (bicyclic) bond motifs is 1. The van der Waals surface area contributed by atoms with Gasteiger partial charge >= 0.3 is 0 Å². The Bertz CT molecular complexity index is 938. The molecular formula is C22H20N2O2. The fourth-order valence-electron chi connectivity index (χ4n) is 3.21. The number of carbonyl (C=O) groups is 1. The van der Waals surface area contributed by atoms with Crippen molar-refractivity contribution in [3.63, 3.8) is 0 Å². The van der Waals surface area contributed by atoms with Crippen LogP contribution >= 0.6 is 0 Å². The maximum absolute atomic E-state index is 12.0. The molecule has 4 heteroatoms. The van der Waals surface area contributed by atoms with E-state index in [1.807, 2.05) is 49.5 Å². The summed E-state index contributed by atoms with van der Waals surface area (Å²) in [6.45, 7) is 1.78. The van der Waals surface area contributed by atoms with E-state index in [2.05, 4.69) is 23.2 Å². The number of rotatable bonds is 5. The monoisotopic (exact) mass is 344 g/mol. The molecule has 0 fully saturated rings. The molecule has 2 aromatic carbocycles. The van der Waals surface area contributed by atoms with Gasteiger partial charge in [-0.05, 0) is 41.0 Å². The van der Waals surface area contributed by atoms with E-state index in [1.54, 1.807) is 11.1 Å². The van der Waals surface area contributed by atoms with Gasteiger partial charge in [-0.3, -0.25) is 9.78 Å². The fraction of sp³-hybridized carbons (Fsp3) is 0.182. The first-order chi connectivity index (χ1) is 12.7. The first-order valence-corrected chi connectivity index (χ1v) is 8.66. The second-order valence-electron chi connectivity index (χ2n) is 6.56. The van der Waals surface area contributed by atoms with E-state index < -0.39 is 0 Å². The van der Waals surface area contributed by atoms with Gasteiger partial charge in [-0.25, -0.2) is 0 Å². The molecule has 4 nitrogen and oxygen atoms in total. The van der Waals surface area contributed by atoms with E-state index in [1.165, 1.54) is 0 Å². The number of hydrogen-bond donors (Lipinski definition) is 0. The number of amides is 1. The predicted octanol–water partition coefficient (Wildman–Crippen LogP) is 4.05. The van der Waals surface area contributed by atoms with E-state index in [-0.39, 0.29) is 5.91 Å². The molecular weight excluding hydrogens is 324 g/mol. The van der Waals surface area contributed by atoms with Gasteiger partial charge in [-0.1, -0.05) is 36.4 Å². The molecule has 1 aliphatic heterocycles. The van der Waals surface area contributed by atoms with Crippen LogP contribution in [0.25, 0.3) is 11.3 Å². The van der Waals surface area contributed by atoms with Gasteiger partial charge in [-0.2, -0.15) is 0 Å². The number of benzene rings is 2. The Morgan fingerprint density at radius 3 is 2.65 bits per heavy atom. The molecule has 3 aromatic rings. The second-order valence-corrected chi connectivity index (χ2v) is 6.56. The molecule has 0 bridgehead atoms. The van der Waals surface area contributed by atoms with Crippen LogP contribution in [0.5, 0.6) is 0 Å². The zero-order valence-corrected chi connectivity index (χ0v) is 14.7. The minimum Gasteiger partial charge on any atom is -0.372 e. The van der Waals surface area contributed by atoms with Gasteiger partial charge in [0.05, 0.1) is 18.9 Å². The number of hydrogen-bond acceptors (Lipinski definition) is 3. The third kappa shape index (κ3) is 3.37. The standard InChI is InChI=1S/C22H20N2O2/c1-24-13-19-12-18(7-8-20(19)22(24)25)21-11-17(9-10-23-21)15-26-14-16-5-3-2-4-6-16/h2-12H,13-15H2,1H3. The average Bonchev–Trinajstić information content (AvgIpc) is 2.96. The molecule has 0 N–H and O–H groups in total. The van der Waals surface area contributed by atoms with Crippen LogP contribution in [0, 0.1) is 0 Å². The van der Waals surface area contributed by atoms with Crippen molar-refractivity contribution in [1.29, 1.82) is 0 Å². The maximum atomic E-state index is 12.0. The van der Waals surface area contributed by atoms with Gasteiger partial charge in [0.25, 0.3) is 5.91 Å². The Hall–Kier alpha value is -2.98. The van der Waals surface area contributed by atoms with Crippen LogP contribution in [0.4, 0.5) is 0 Å². The first kappa shape index (κ1) is 16.5. The zero-order valence-electron chi connectivity index (χ0n) is 14.7. The molecule has 130 valence electrons. The summed E-state index contributed by atoms with van der Waals surface area (Å²) in [5.41, 5.74) is 6.02. The number of carbonyl (C=O) groups excluding carboxylic acids is 1. The largest absolute Gasteiger partial charge is 0.372 e. The molecule has 0 unspecified atom stereocenters. The van der Waals surface area contributed by atoms with Crippen LogP contribution < -0.4 is 0 Å². The van der Waals surface area contributed by atoms with Gasteiger partial charge in [0, 0.05) is 30.9 Å². The number of pyridine rings is 1. The molecule has 4 rings (SSSR count). The average molecular weight is 344 g/mol. The van der Waals surface area contributed by atoms with E-state index in [4.69, 9.17) is 4.74 Å². The summed E-state index contributed by atoms with van der Waals surface area (Å²) >= 11 is 0. The third-order valence-electron chi connectivity index (χ3n) is 4.59. The van der Waals surface area contributed by atoms with Crippen molar-refractivity contribution in [2.45, 2.75) is 19.8 Å². The highest BCUT2D eigenvalue weighted by Gasteiger charge is 2.24. The highest BCUT2D eigenvalue weighted by Crippen LogP contribution is 2.27. The van der Waals surface area contributed by atoms with Gasteiger partial charge in [0.2, 0.25) is 0 Å². The Morgan fingerprint density at radius 1 is 1.00 bits per heavy atom. The Kier molecular flexibility index (Phi) is 4.50. The first-order valence-electron chi connectivity index (χ1n) is 8.66. The number of nitrogens with zero attached hydrogens (tertiary/aromatic N) is 2. The van der Waals surface area contributed by atoms with Crippen molar-refractivity contribution >= 4 is 5.91 Å². The summed E-state index contributed by atoms with van der Waals surface area (Å²) in [5.74, 6) is 0.0857. The molecule has 0 atom stereocenters. The Morgan fingerprint density at radius 2 is 1.81 bits per heavy atom. The van der Waals surface area contributed by atoms with Crippen LogP contribution in [0.3, 0.4) is 0 Å². The molecule has 0 saturated carbocycles. The molecule has 0 aliphatic carbocycles. The predicted molar refractivity (Wildman–Crippen MR) is 100 cm³/mol. The minimum absolute atomic E-state index is 0.0857. The molecule has 26 heavy (non-hydrogen) atoms.